The number of ether oxygens (including phenoxy) is 1. The number of nitrogens with zero attached hydrogens (tertiary/aromatic N) is 1. The lowest BCUT2D eigenvalue weighted by atomic mass is 10.0. The zero-order valence-electron chi connectivity index (χ0n) is 19.6. The number of carbonyl (C=O) groups is 2. The van der Waals surface area contributed by atoms with Gasteiger partial charge in [0.25, 0.3) is 0 Å². The van der Waals surface area contributed by atoms with Gasteiger partial charge in [0.15, 0.2) is 0 Å². The number of benzene rings is 2. The van der Waals surface area contributed by atoms with Crippen LogP contribution in [0.3, 0.4) is 0 Å². The predicted octanol–water partition coefficient (Wildman–Crippen LogP) is 5.55. The summed E-state index contributed by atoms with van der Waals surface area (Å²) in [5.41, 5.74) is 4.00. The Kier molecular flexibility index (Phi) is 8.28. The molecule has 4 rings (SSSR count). The van der Waals surface area contributed by atoms with Crippen molar-refractivity contribution in [3.05, 3.63) is 99.9 Å². The fourth-order valence-corrected chi connectivity index (χ4v) is 5.37. The first-order valence-corrected chi connectivity index (χ1v) is 13.0. The fraction of sp³-hybridized carbons (Fsp3) is 0.222. The number of hydrogen-bond acceptors (Lipinski definition) is 6. The molecule has 0 unspecified atom stereocenters. The van der Waals surface area contributed by atoms with Gasteiger partial charge in [0, 0.05) is 11.8 Å². The molecule has 2 amide bonds. The van der Waals surface area contributed by atoms with Crippen LogP contribution in [0.2, 0.25) is 0 Å². The summed E-state index contributed by atoms with van der Waals surface area (Å²) in [6, 6.07) is 20.7. The van der Waals surface area contributed by atoms with Crippen molar-refractivity contribution in [2.75, 3.05) is 7.11 Å². The second-order valence-corrected chi connectivity index (χ2v) is 9.99. The second-order valence-electron chi connectivity index (χ2n) is 8.18. The third-order valence-electron chi connectivity index (χ3n) is 5.56. The maximum Gasteiger partial charge on any atom is 0.407 e. The lowest BCUT2D eigenvalue weighted by Crippen LogP contribution is -2.49. The molecule has 180 valence electrons. The van der Waals surface area contributed by atoms with Crippen LogP contribution >= 0.6 is 22.7 Å². The molecule has 0 spiro atoms. The van der Waals surface area contributed by atoms with Crippen LogP contribution < -0.4 is 10.6 Å². The number of methoxy groups -OCH3 is 1. The lowest BCUT2D eigenvalue weighted by molar-refractivity contribution is -0.123. The van der Waals surface area contributed by atoms with E-state index in [1.165, 1.54) is 12.7 Å². The monoisotopic (exact) mass is 505 g/mol. The van der Waals surface area contributed by atoms with Crippen molar-refractivity contribution in [1.29, 1.82) is 0 Å². The summed E-state index contributed by atoms with van der Waals surface area (Å²) in [7, 11) is 1.29. The molecule has 0 aliphatic rings. The SMILES string of the molecule is COC(=O)N[C@@H](Cc1ccccc1)C(=O)N[C@H](Cc1ccc(C)cc1)c1csc(-c2cccs2)n1. The Bertz CT molecular complexity index is 1240. The Labute approximate surface area is 213 Å². The van der Waals surface area contributed by atoms with E-state index in [1.54, 1.807) is 22.7 Å². The van der Waals surface area contributed by atoms with Crippen molar-refractivity contribution in [1.82, 2.24) is 15.6 Å². The molecule has 2 heterocycles. The smallest absolute Gasteiger partial charge is 0.407 e. The van der Waals surface area contributed by atoms with Crippen LogP contribution in [0.4, 0.5) is 4.79 Å². The van der Waals surface area contributed by atoms with Crippen LogP contribution in [0.5, 0.6) is 0 Å². The van der Waals surface area contributed by atoms with E-state index in [4.69, 9.17) is 9.72 Å². The number of amides is 2. The van der Waals surface area contributed by atoms with E-state index in [0.717, 1.165) is 26.7 Å². The molecule has 35 heavy (non-hydrogen) atoms. The number of thiophene rings is 1. The van der Waals surface area contributed by atoms with Crippen LogP contribution in [0.15, 0.2) is 77.5 Å². The molecule has 0 aliphatic heterocycles. The Balaban J connectivity index is 1.59. The van der Waals surface area contributed by atoms with Gasteiger partial charge in [-0.05, 0) is 35.9 Å². The predicted molar refractivity (Wildman–Crippen MR) is 141 cm³/mol. The Morgan fingerprint density at radius 2 is 1.66 bits per heavy atom. The molecule has 2 atom stereocenters. The highest BCUT2D eigenvalue weighted by Gasteiger charge is 2.26. The first kappa shape index (κ1) is 24.6. The summed E-state index contributed by atoms with van der Waals surface area (Å²) >= 11 is 3.19. The largest absolute Gasteiger partial charge is 0.453 e. The third-order valence-corrected chi connectivity index (χ3v) is 7.46. The van der Waals surface area contributed by atoms with Crippen LogP contribution in [0.1, 0.15) is 28.4 Å². The molecule has 0 aliphatic carbocycles. The highest BCUT2D eigenvalue weighted by molar-refractivity contribution is 7.20. The van der Waals surface area contributed by atoms with Gasteiger partial charge in [0.2, 0.25) is 5.91 Å². The van der Waals surface area contributed by atoms with E-state index < -0.39 is 12.1 Å². The molecule has 0 fully saturated rings. The summed E-state index contributed by atoms with van der Waals surface area (Å²) in [6.45, 7) is 2.05. The molecule has 0 saturated heterocycles. The number of hydrogen-bond donors (Lipinski definition) is 2. The first-order valence-electron chi connectivity index (χ1n) is 11.3. The van der Waals surface area contributed by atoms with E-state index in [2.05, 4.69) is 34.9 Å². The van der Waals surface area contributed by atoms with Gasteiger partial charge in [0.1, 0.15) is 11.0 Å². The average Bonchev–Trinajstić information content (AvgIpc) is 3.57. The van der Waals surface area contributed by atoms with E-state index >= 15 is 0 Å². The normalized spacial score (nSPS) is 12.5. The Hall–Kier alpha value is -3.49. The van der Waals surface area contributed by atoms with Gasteiger partial charge < -0.3 is 15.4 Å². The topological polar surface area (TPSA) is 80.3 Å². The third kappa shape index (κ3) is 6.77. The number of carbonyl (C=O) groups excluding carboxylic acids is 2. The van der Waals surface area contributed by atoms with Gasteiger partial charge in [-0.1, -0.05) is 66.2 Å². The summed E-state index contributed by atoms with van der Waals surface area (Å²) in [4.78, 5) is 31.4. The Morgan fingerprint density at radius 1 is 0.914 bits per heavy atom. The van der Waals surface area contributed by atoms with Gasteiger partial charge in [-0.25, -0.2) is 9.78 Å². The highest BCUT2D eigenvalue weighted by atomic mass is 32.1. The molecular formula is C27H27N3O3S2. The molecule has 2 aromatic heterocycles. The molecule has 4 aromatic rings. The minimum absolute atomic E-state index is 0.290. The molecule has 6 nitrogen and oxygen atoms in total. The first-order chi connectivity index (χ1) is 17.0. The fourth-order valence-electron chi connectivity index (χ4n) is 3.68. The second kappa shape index (κ2) is 11.8. The molecule has 8 heteroatoms. The number of nitrogens with one attached hydrogen (secondary N) is 2. The molecular weight excluding hydrogens is 478 g/mol. The number of rotatable bonds is 9. The van der Waals surface area contributed by atoms with Gasteiger partial charge in [-0.3, -0.25) is 4.79 Å². The number of alkyl carbamates (subject to hydrolysis) is 1. The lowest BCUT2D eigenvalue weighted by Gasteiger charge is -2.23. The van der Waals surface area contributed by atoms with Crippen molar-refractivity contribution < 1.29 is 14.3 Å². The van der Waals surface area contributed by atoms with Crippen LogP contribution in [0.25, 0.3) is 9.88 Å². The molecule has 2 N–H and O–H groups in total. The molecule has 0 bridgehead atoms. The van der Waals surface area contributed by atoms with Gasteiger partial charge in [-0.15, -0.1) is 22.7 Å². The van der Waals surface area contributed by atoms with Crippen molar-refractivity contribution in [3.8, 4) is 9.88 Å². The van der Waals surface area contributed by atoms with Crippen LogP contribution in [-0.2, 0) is 22.4 Å². The standard InChI is InChI=1S/C27H27N3O3S2/c1-18-10-12-20(13-11-18)15-21(23-17-35-26(29-23)24-9-6-14-34-24)28-25(31)22(30-27(32)33-2)16-19-7-4-3-5-8-19/h3-14,17,21-22H,15-16H2,1-2H3,(H,28,31)(H,30,32)/t21-,22+/m1/s1. The molecule has 2 aromatic carbocycles. The summed E-state index contributed by atoms with van der Waals surface area (Å²) in [6.07, 6.45) is 0.275. The van der Waals surface area contributed by atoms with E-state index in [-0.39, 0.29) is 11.9 Å². The highest BCUT2D eigenvalue weighted by Crippen LogP contribution is 2.30. The molecule has 0 saturated carbocycles. The quantitative estimate of drug-likeness (QED) is 0.313. The van der Waals surface area contributed by atoms with Crippen molar-refractivity contribution in [2.24, 2.45) is 0 Å². The zero-order valence-corrected chi connectivity index (χ0v) is 21.2. The average molecular weight is 506 g/mol. The summed E-state index contributed by atoms with van der Waals surface area (Å²) in [5.74, 6) is -0.290. The maximum absolute atomic E-state index is 13.5. The maximum atomic E-state index is 13.5. The van der Waals surface area contributed by atoms with Gasteiger partial charge >= 0.3 is 6.09 Å². The molecule has 0 radical (unpaired) electrons. The number of thiazole rings is 1. The van der Waals surface area contributed by atoms with Crippen LogP contribution in [0, 0.1) is 6.92 Å². The zero-order chi connectivity index (χ0) is 24.6. The van der Waals surface area contributed by atoms with Crippen LogP contribution in [-0.4, -0.2) is 30.1 Å². The minimum atomic E-state index is -0.791. The van der Waals surface area contributed by atoms with E-state index in [1.807, 2.05) is 60.1 Å². The van der Waals surface area contributed by atoms with Crippen molar-refractivity contribution >= 4 is 34.7 Å². The summed E-state index contributed by atoms with van der Waals surface area (Å²) in [5, 5.41) is 10.8. The van der Waals surface area contributed by atoms with E-state index in [0.29, 0.717) is 12.8 Å². The minimum Gasteiger partial charge on any atom is -0.453 e. The van der Waals surface area contributed by atoms with Crippen molar-refractivity contribution in [3.63, 3.8) is 0 Å². The van der Waals surface area contributed by atoms with Gasteiger partial charge in [0.05, 0.1) is 23.7 Å². The Morgan fingerprint density at radius 3 is 2.34 bits per heavy atom. The number of aromatic nitrogens is 1. The van der Waals surface area contributed by atoms with Gasteiger partial charge in [-0.2, -0.15) is 0 Å². The van der Waals surface area contributed by atoms with Crippen molar-refractivity contribution in [2.45, 2.75) is 31.8 Å². The van der Waals surface area contributed by atoms with E-state index in [9.17, 15) is 9.59 Å². The summed E-state index contributed by atoms with van der Waals surface area (Å²) < 4.78 is 4.77. The number of aryl methyl sites for hydroxylation is 1.